The van der Waals surface area contributed by atoms with Crippen LogP contribution >= 0.6 is 0 Å². The Bertz CT molecular complexity index is 1080. The highest BCUT2D eigenvalue weighted by Crippen LogP contribution is 2.13. The summed E-state index contributed by atoms with van der Waals surface area (Å²) in [7, 11) is -3.82. The number of benzene rings is 3. The van der Waals surface area contributed by atoms with Crippen LogP contribution in [0.5, 0.6) is 0 Å². The Morgan fingerprint density at radius 1 is 0.812 bits per heavy atom. The average molecular weight is 451 g/mol. The van der Waals surface area contributed by atoms with Gasteiger partial charge in [-0.1, -0.05) is 78.4 Å². The Hall–Kier alpha value is -2.96. The lowest BCUT2D eigenvalue weighted by molar-refractivity contribution is -0.122. The highest BCUT2D eigenvalue weighted by atomic mass is 32.2. The molecule has 3 aromatic carbocycles. The molecular formula is C26H30N2O3S. The molecule has 168 valence electrons. The molecule has 6 heteroatoms. The molecule has 0 aliphatic heterocycles. The fraction of sp³-hybridized carbons (Fsp3) is 0.269. The van der Waals surface area contributed by atoms with Crippen LogP contribution in [0.4, 0.5) is 0 Å². The molecule has 0 bridgehead atoms. The number of unbranched alkanes of at least 4 members (excludes halogenated alkanes) is 1. The smallest absolute Gasteiger partial charge is 0.241 e. The Morgan fingerprint density at radius 2 is 1.41 bits per heavy atom. The molecule has 0 saturated heterocycles. The van der Waals surface area contributed by atoms with Crippen molar-refractivity contribution >= 4 is 15.9 Å². The third-order valence-corrected chi connectivity index (χ3v) is 6.75. The van der Waals surface area contributed by atoms with Gasteiger partial charge < -0.3 is 5.32 Å². The van der Waals surface area contributed by atoms with E-state index in [1.807, 2.05) is 55.5 Å². The van der Waals surface area contributed by atoms with E-state index in [0.717, 1.165) is 30.4 Å². The molecule has 0 fully saturated rings. The van der Waals surface area contributed by atoms with Crippen LogP contribution in [0, 0.1) is 6.92 Å². The van der Waals surface area contributed by atoms with Gasteiger partial charge in [0.15, 0.2) is 0 Å². The molecule has 0 saturated carbocycles. The summed E-state index contributed by atoms with van der Waals surface area (Å²) in [6.45, 7) is 2.40. The van der Waals surface area contributed by atoms with Crippen LogP contribution in [0.25, 0.3) is 0 Å². The molecule has 0 aromatic heterocycles. The fourth-order valence-corrected chi connectivity index (χ4v) is 4.64. The minimum absolute atomic E-state index is 0.150. The standard InChI is InChI=1S/C26H30N2O3S/c1-21-15-17-24(18-16-21)32(30,31)28-25(20-23-13-6-3-7-14-23)26(29)27-19-9-8-12-22-10-4-2-5-11-22/h2-7,10-11,13-18,25,28H,8-9,12,19-20H2,1H3,(H,27,29)/t25-/m0/s1. The van der Waals surface area contributed by atoms with Crippen molar-refractivity contribution in [1.29, 1.82) is 0 Å². The average Bonchev–Trinajstić information content (AvgIpc) is 2.80. The number of amides is 1. The molecule has 1 atom stereocenters. The van der Waals surface area contributed by atoms with Crippen molar-refractivity contribution in [3.05, 3.63) is 102 Å². The SMILES string of the molecule is Cc1ccc(S(=O)(=O)N[C@@H](Cc2ccccc2)C(=O)NCCCCc2ccccc2)cc1. The van der Waals surface area contributed by atoms with Crippen molar-refractivity contribution in [3.8, 4) is 0 Å². The van der Waals surface area contributed by atoms with Crippen molar-refractivity contribution < 1.29 is 13.2 Å². The summed E-state index contributed by atoms with van der Waals surface area (Å²) in [5, 5.41) is 2.91. The fourth-order valence-electron chi connectivity index (χ4n) is 3.44. The number of carbonyl (C=O) groups excluding carboxylic acids is 1. The van der Waals surface area contributed by atoms with E-state index >= 15 is 0 Å². The van der Waals surface area contributed by atoms with Crippen LogP contribution in [0.1, 0.15) is 29.5 Å². The van der Waals surface area contributed by atoms with E-state index in [9.17, 15) is 13.2 Å². The summed E-state index contributed by atoms with van der Waals surface area (Å²) in [5.74, 6) is -0.316. The quantitative estimate of drug-likeness (QED) is 0.433. The Morgan fingerprint density at radius 3 is 2.03 bits per heavy atom. The predicted molar refractivity (Wildman–Crippen MR) is 128 cm³/mol. The van der Waals surface area contributed by atoms with Gasteiger partial charge in [-0.2, -0.15) is 4.72 Å². The lowest BCUT2D eigenvalue weighted by Gasteiger charge is -2.19. The lowest BCUT2D eigenvalue weighted by Crippen LogP contribution is -2.48. The molecule has 0 unspecified atom stereocenters. The molecule has 5 nitrogen and oxygen atoms in total. The summed E-state index contributed by atoms with van der Waals surface area (Å²) < 4.78 is 28.4. The lowest BCUT2D eigenvalue weighted by atomic mass is 10.1. The molecule has 0 heterocycles. The van der Waals surface area contributed by atoms with Crippen LogP contribution < -0.4 is 10.0 Å². The Kier molecular flexibility index (Phi) is 8.59. The number of nitrogens with one attached hydrogen (secondary N) is 2. The number of aryl methyl sites for hydroxylation is 2. The number of carbonyl (C=O) groups is 1. The molecular weight excluding hydrogens is 420 g/mol. The van der Waals surface area contributed by atoms with E-state index in [2.05, 4.69) is 22.2 Å². The molecule has 0 spiro atoms. The van der Waals surface area contributed by atoms with Crippen molar-refractivity contribution in [3.63, 3.8) is 0 Å². The summed E-state index contributed by atoms with van der Waals surface area (Å²) >= 11 is 0. The van der Waals surface area contributed by atoms with Crippen molar-refractivity contribution in [2.45, 2.75) is 43.5 Å². The number of rotatable bonds is 11. The maximum Gasteiger partial charge on any atom is 0.241 e. The second-order valence-corrected chi connectivity index (χ2v) is 9.62. The summed E-state index contributed by atoms with van der Waals surface area (Å²) in [6, 6.07) is 25.3. The first-order chi connectivity index (χ1) is 15.4. The van der Waals surface area contributed by atoms with E-state index in [-0.39, 0.29) is 17.2 Å². The number of sulfonamides is 1. The molecule has 32 heavy (non-hydrogen) atoms. The third-order valence-electron chi connectivity index (χ3n) is 5.26. The first-order valence-electron chi connectivity index (χ1n) is 10.9. The van der Waals surface area contributed by atoms with E-state index in [0.29, 0.717) is 6.54 Å². The third kappa shape index (κ3) is 7.32. The highest BCUT2D eigenvalue weighted by Gasteiger charge is 2.25. The maximum absolute atomic E-state index is 12.9. The Balaban J connectivity index is 1.61. The normalized spacial score (nSPS) is 12.3. The van der Waals surface area contributed by atoms with Gasteiger partial charge in [0.25, 0.3) is 0 Å². The second-order valence-electron chi connectivity index (χ2n) is 7.91. The van der Waals surface area contributed by atoms with Gasteiger partial charge in [-0.25, -0.2) is 8.42 Å². The second kappa shape index (κ2) is 11.6. The van der Waals surface area contributed by atoms with Crippen molar-refractivity contribution in [1.82, 2.24) is 10.0 Å². The number of hydrogen-bond donors (Lipinski definition) is 2. The van der Waals surface area contributed by atoms with Crippen LogP contribution in [0.15, 0.2) is 89.8 Å². The van der Waals surface area contributed by atoms with Crippen LogP contribution in [0.2, 0.25) is 0 Å². The predicted octanol–water partition coefficient (Wildman–Crippen LogP) is 4.02. The van der Waals surface area contributed by atoms with Gasteiger partial charge in [-0.05, 0) is 55.9 Å². The molecule has 1 amide bonds. The largest absolute Gasteiger partial charge is 0.355 e. The van der Waals surface area contributed by atoms with Crippen molar-refractivity contribution in [2.75, 3.05) is 6.54 Å². The zero-order valence-electron chi connectivity index (χ0n) is 18.3. The van der Waals surface area contributed by atoms with Crippen molar-refractivity contribution in [2.24, 2.45) is 0 Å². The van der Waals surface area contributed by atoms with Gasteiger partial charge in [0.2, 0.25) is 15.9 Å². The van der Waals surface area contributed by atoms with E-state index in [1.54, 1.807) is 24.3 Å². The first kappa shape index (κ1) is 23.7. The van der Waals surface area contributed by atoms with Gasteiger partial charge in [0, 0.05) is 6.54 Å². The van der Waals surface area contributed by atoms with Gasteiger partial charge in [0.05, 0.1) is 4.90 Å². The monoisotopic (exact) mass is 450 g/mol. The molecule has 3 rings (SSSR count). The molecule has 0 aliphatic rings. The summed E-state index contributed by atoms with van der Waals surface area (Å²) in [6.07, 6.45) is 3.00. The van der Waals surface area contributed by atoms with Gasteiger partial charge in [-0.3, -0.25) is 4.79 Å². The molecule has 0 aliphatic carbocycles. The minimum Gasteiger partial charge on any atom is -0.355 e. The van der Waals surface area contributed by atoms with Crippen LogP contribution in [-0.4, -0.2) is 26.9 Å². The zero-order valence-corrected chi connectivity index (χ0v) is 19.1. The summed E-state index contributed by atoms with van der Waals surface area (Å²) in [5.41, 5.74) is 3.13. The minimum atomic E-state index is -3.82. The molecule has 2 N–H and O–H groups in total. The van der Waals surface area contributed by atoms with Crippen LogP contribution in [-0.2, 0) is 27.7 Å². The summed E-state index contributed by atoms with van der Waals surface area (Å²) in [4.78, 5) is 13.1. The molecule has 3 aromatic rings. The van der Waals surface area contributed by atoms with E-state index in [1.165, 1.54) is 5.56 Å². The first-order valence-corrected chi connectivity index (χ1v) is 12.4. The van der Waals surface area contributed by atoms with E-state index in [4.69, 9.17) is 0 Å². The van der Waals surface area contributed by atoms with E-state index < -0.39 is 16.1 Å². The van der Waals surface area contributed by atoms with Crippen LogP contribution in [0.3, 0.4) is 0 Å². The van der Waals surface area contributed by atoms with Gasteiger partial charge >= 0.3 is 0 Å². The van der Waals surface area contributed by atoms with Gasteiger partial charge in [0.1, 0.15) is 6.04 Å². The topological polar surface area (TPSA) is 75.3 Å². The number of hydrogen-bond acceptors (Lipinski definition) is 3. The maximum atomic E-state index is 12.9. The Labute approximate surface area is 190 Å². The zero-order chi connectivity index (χ0) is 22.8. The highest BCUT2D eigenvalue weighted by molar-refractivity contribution is 7.89. The van der Waals surface area contributed by atoms with Gasteiger partial charge in [-0.15, -0.1) is 0 Å². The molecule has 0 radical (unpaired) electrons.